The summed E-state index contributed by atoms with van der Waals surface area (Å²) in [6.07, 6.45) is 5.95. The molecule has 2 aliphatic rings. The van der Waals surface area contributed by atoms with E-state index in [1.807, 2.05) is 37.4 Å². The van der Waals surface area contributed by atoms with Crippen LogP contribution in [-0.2, 0) is 4.79 Å². The van der Waals surface area contributed by atoms with Crippen molar-refractivity contribution in [2.24, 2.45) is 0 Å². The van der Waals surface area contributed by atoms with Gasteiger partial charge in [-0.2, -0.15) is 0 Å². The van der Waals surface area contributed by atoms with Gasteiger partial charge in [-0.25, -0.2) is 9.97 Å². The number of hydrogen-bond acceptors (Lipinski definition) is 5. The fraction of sp³-hybridized carbons (Fsp3) is 0.450. The van der Waals surface area contributed by atoms with Gasteiger partial charge in [0.1, 0.15) is 23.4 Å². The highest BCUT2D eigenvalue weighted by molar-refractivity contribution is 5.98. The summed E-state index contributed by atoms with van der Waals surface area (Å²) in [7, 11) is 1.61. The van der Waals surface area contributed by atoms with Crippen LogP contribution in [0.3, 0.4) is 0 Å². The molecule has 1 saturated heterocycles. The summed E-state index contributed by atoms with van der Waals surface area (Å²) in [5.41, 5.74) is 1.79. The molecule has 2 heterocycles. The van der Waals surface area contributed by atoms with E-state index in [9.17, 15) is 4.79 Å². The minimum atomic E-state index is -0.220. The predicted octanol–water partition coefficient (Wildman–Crippen LogP) is 3.28. The first kappa shape index (κ1) is 16.8. The Labute approximate surface area is 153 Å². The van der Waals surface area contributed by atoms with Crippen LogP contribution < -0.4 is 15.0 Å². The number of hydrogen-bond donors (Lipinski definition) is 1. The van der Waals surface area contributed by atoms with Gasteiger partial charge in [-0.3, -0.25) is 4.79 Å². The van der Waals surface area contributed by atoms with E-state index in [0.717, 1.165) is 36.6 Å². The summed E-state index contributed by atoms with van der Waals surface area (Å²) in [4.78, 5) is 24.2. The topological polar surface area (TPSA) is 67.3 Å². The summed E-state index contributed by atoms with van der Waals surface area (Å²) >= 11 is 0. The Morgan fingerprint density at radius 3 is 2.88 bits per heavy atom. The van der Waals surface area contributed by atoms with Crippen molar-refractivity contribution in [1.82, 2.24) is 9.97 Å². The number of carbonyl (C=O) groups is 1. The molecule has 1 aliphatic carbocycles. The highest BCUT2D eigenvalue weighted by Gasteiger charge is 2.33. The molecule has 6 nitrogen and oxygen atoms in total. The molecule has 0 bridgehead atoms. The minimum Gasteiger partial charge on any atom is -0.495 e. The molecular weight excluding hydrogens is 328 g/mol. The zero-order valence-electron chi connectivity index (χ0n) is 15.2. The van der Waals surface area contributed by atoms with E-state index < -0.39 is 0 Å². The molecule has 26 heavy (non-hydrogen) atoms. The maximum absolute atomic E-state index is 13.0. The first-order chi connectivity index (χ1) is 12.7. The Hall–Kier alpha value is -2.63. The number of amides is 1. The number of anilines is 2. The Morgan fingerprint density at radius 2 is 2.12 bits per heavy atom. The van der Waals surface area contributed by atoms with Crippen LogP contribution in [0, 0.1) is 6.92 Å². The van der Waals surface area contributed by atoms with Gasteiger partial charge in [0.25, 0.3) is 0 Å². The minimum absolute atomic E-state index is 0.0158. The largest absolute Gasteiger partial charge is 0.495 e. The van der Waals surface area contributed by atoms with Crippen LogP contribution >= 0.6 is 0 Å². The highest BCUT2D eigenvalue weighted by Crippen LogP contribution is 2.38. The number of nitrogens with zero attached hydrogens (tertiary/aromatic N) is 3. The molecule has 6 heteroatoms. The fourth-order valence-corrected chi connectivity index (χ4v) is 3.51. The second-order valence-corrected chi connectivity index (χ2v) is 7.09. The number of methoxy groups -OCH3 is 1. The summed E-state index contributed by atoms with van der Waals surface area (Å²) in [6, 6.07) is 7.47. The first-order valence-corrected chi connectivity index (χ1v) is 9.21. The van der Waals surface area contributed by atoms with Gasteiger partial charge in [0, 0.05) is 18.7 Å². The van der Waals surface area contributed by atoms with Crippen LogP contribution in [-0.4, -0.2) is 35.6 Å². The Bertz CT molecular complexity index is 819. The van der Waals surface area contributed by atoms with Crippen LogP contribution in [0.25, 0.3) is 0 Å². The normalized spacial score (nSPS) is 19.5. The maximum Gasteiger partial charge on any atom is 0.247 e. The number of ether oxygens (including phenoxy) is 1. The lowest BCUT2D eigenvalue weighted by Crippen LogP contribution is -2.40. The molecule has 0 spiro atoms. The first-order valence-electron chi connectivity index (χ1n) is 9.21. The number of rotatable bonds is 5. The quantitative estimate of drug-likeness (QED) is 0.894. The molecule has 2 fully saturated rings. The van der Waals surface area contributed by atoms with Gasteiger partial charge >= 0.3 is 0 Å². The molecule has 136 valence electrons. The third-order valence-corrected chi connectivity index (χ3v) is 5.06. The van der Waals surface area contributed by atoms with Crippen molar-refractivity contribution in [1.29, 1.82) is 0 Å². The number of aryl methyl sites for hydroxylation is 1. The third-order valence-electron chi connectivity index (χ3n) is 5.06. The van der Waals surface area contributed by atoms with E-state index in [1.165, 1.54) is 12.8 Å². The molecule has 1 atom stereocenters. The van der Waals surface area contributed by atoms with Gasteiger partial charge < -0.3 is 15.0 Å². The Kier molecular flexibility index (Phi) is 4.49. The summed E-state index contributed by atoms with van der Waals surface area (Å²) < 4.78 is 5.38. The molecule has 4 rings (SSSR count). The van der Waals surface area contributed by atoms with Gasteiger partial charge in [-0.15, -0.1) is 0 Å². The zero-order valence-corrected chi connectivity index (χ0v) is 15.2. The van der Waals surface area contributed by atoms with E-state index in [0.29, 0.717) is 17.4 Å². The highest BCUT2D eigenvalue weighted by atomic mass is 16.5. The van der Waals surface area contributed by atoms with E-state index in [4.69, 9.17) is 9.72 Å². The molecule has 1 amide bonds. The van der Waals surface area contributed by atoms with E-state index in [-0.39, 0.29) is 11.9 Å². The summed E-state index contributed by atoms with van der Waals surface area (Å²) in [6.45, 7) is 2.83. The number of aromatic nitrogens is 2. The van der Waals surface area contributed by atoms with E-state index in [1.54, 1.807) is 7.11 Å². The molecule has 1 unspecified atom stereocenters. The van der Waals surface area contributed by atoms with E-state index >= 15 is 0 Å². The molecule has 1 N–H and O–H groups in total. The zero-order chi connectivity index (χ0) is 18.1. The Balaban J connectivity index is 1.54. The second kappa shape index (κ2) is 6.94. The standard InChI is InChI=1S/C20H24N4O2/c1-13-5-8-17(26-2)15(12-13)22-20(25)16-4-3-11-24(16)18-9-10-21-19(23-18)14-6-7-14/h5,8-10,12,14,16H,3-4,6-7,11H2,1-2H3,(H,22,25). The van der Waals surface area contributed by atoms with Crippen molar-refractivity contribution < 1.29 is 9.53 Å². The van der Waals surface area contributed by atoms with Crippen molar-refractivity contribution in [2.75, 3.05) is 23.9 Å². The number of nitrogens with one attached hydrogen (secondary N) is 1. The average molecular weight is 352 g/mol. The van der Waals surface area contributed by atoms with Gasteiger partial charge in [0.2, 0.25) is 5.91 Å². The van der Waals surface area contributed by atoms with Gasteiger partial charge in [-0.1, -0.05) is 6.07 Å². The average Bonchev–Trinajstić information content (AvgIpc) is 3.38. The lowest BCUT2D eigenvalue weighted by molar-refractivity contribution is -0.117. The fourth-order valence-electron chi connectivity index (χ4n) is 3.51. The lowest BCUT2D eigenvalue weighted by atomic mass is 10.1. The molecule has 1 aliphatic heterocycles. The maximum atomic E-state index is 13.0. The monoisotopic (exact) mass is 352 g/mol. The van der Waals surface area contributed by atoms with Crippen molar-refractivity contribution in [2.45, 2.75) is 44.6 Å². The summed E-state index contributed by atoms with van der Waals surface area (Å²) in [5.74, 6) is 2.93. The molecular formula is C20H24N4O2. The van der Waals surface area contributed by atoms with Crippen LogP contribution in [0.15, 0.2) is 30.5 Å². The van der Waals surface area contributed by atoms with Crippen LogP contribution in [0.4, 0.5) is 11.5 Å². The van der Waals surface area contributed by atoms with Crippen molar-refractivity contribution in [3.8, 4) is 5.75 Å². The van der Waals surface area contributed by atoms with E-state index in [2.05, 4.69) is 15.2 Å². The van der Waals surface area contributed by atoms with Crippen LogP contribution in [0.2, 0.25) is 0 Å². The lowest BCUT2D eigenvalue weighted by Gasteiger charge is -2.25. The molecule has 1 saturated carbocycles. The van der Waals surface area contributed by atoms with Crippen LogP contribution in [0.5, 0.6) is 5.75 Å². The third kappa shape index (κ3) is 3.36. The predicted molar refractivity (Wildman–Crippen MR) is 101 cm³/mol. The molecule has 2 aromatic rings. The van der Waals surface area contributed by atoms with Crippen molar-refractivity contribution in [3.63, 3.8) is 0 Å². The second-order valence-electron chi connectivity index (χ2n) is 7.09. The Morgan fingerprint density at radius 1 is 1.27 bits per heavy atom. The molecule has 1 aromatic carbocycles. The van der Waals surface area contributed by atoms with Crippen molar-refractivity contribution >= 4 is 17.4 Å². The summed E-state index contributed by atoms with van der Waals surface area (Å²) in [5, 5.41) is 3.04. The molecule has 1 aromatic heterocycles. The van der Waals surface area contributed by atoms with Gasteiger partial charge in [-0.05, 0) is 56.4 Å². The SMILES string of the molecule is COc1ccc(C)cc1NC(=O)C1CCCN1c1ccnc(C2CC2)n1. The molecule has 0 radical (unpaired) electrons. The van der Waals surface area contributed by atoms with Crippen LogP contribution in [0.1, 0.15) is 43.0 Å². The number of carbonyl (C=O) groups excluding carboxylic acids is 1. The number of benzene rings is 1. The smallest absolute Gasteiger partial charge is 0.247 e. The van der Waals surface area contributed by atoms with Gasteiger partial charge in [0.15, 0.2) is 0 Å². The van der Waals surface area contributed by atoms with Crippen molar-refractivity contribution in [3.05, 3.63) is 41.9 Å². The van der Waals surface area contributed by atoms with Gasteiger partial charge in [0.05, 0.1) is 12.8 Å².